The number of benzene rings is 1. The van der Waals surface area contributed by atoms with Crippen molar-refractivity contribution in [1.29, 1.82) is 0 Å². The van der Waals surface area contributed by atoms with Crippen LogP contribution in [0.15, 0.2) is 39.9 Å². The quantitative estimate of drug-likeness (QED) is 0.352. The molecule has 1 aromatic carbocycles. The minimum atomic E-state index is -0.0462. The Morgan fingerprint density at radius 3 is 2.41 bits per heavy atom. The first kappa shape index (κ1) is 23.4. The summed E-state index contributed by atoms with van der Waals surface area (Å²) in [5.74, 6) is 2.23. The standard InChI is InChI=1S/C20H30N4O2.HI/c1-6-25-14-16-10-8-7-9-15(16)11-23-19(21-5)24-13-18-22-12-17(26-18)20(2,3)4;/h7-10,12H,6,11,13-14H2,1-5H3,(H2,21,23,24);1H. The lowest BCUT2D eigenvalue weighted by atomic mass is 9.94. The molecule has 27 heavy (non-hydrogen) atoms. The smallest absolute Gasteiger partial charge is 0.213 e. The molecule has 2 N–H and O–H groups in total. The second-order valence-electron chi connectivity index (χ2n) is 7.05. The molecule has 0 fully saturated rings. The van der Waals surface area contributed by atoms with Crippen molar-refractivity contribution in [1.82, 2.24) is 15.6 Å². The fraction of sp³-hybridized carbons (Fsp3) is 0.500. The number of nitrogens with one attached hydrogen (secondary N) is 2. The summed E-state index contributed by atoms with van der Waals surface area (Å²) in [6, 6.07) is 8.24. The highest BCUT2D eigenvalue weighted by Crippen LogP contribution is 2.22. The zero-order valence-corrected chi connectivity index (χ0v) is 19.2. The number of halogens is 1. The van der Waals surface area contributed by atoms with Gasteiger partial charge in [0.25, 0.3) is 0 Å². The molecule has 0 aliphatic carbocycles. The van der Waals surface area contributed by atoms with Crippen molar-refractivity contribution >= 4 is 29.9 Å². The van der Waals surface area contributed by atoms with E-state index in [9.17, 15) is 0 Å². The average molecular weight is 486 g/mol. The summed E-state index contributed by atoms with van der Waals surface area (Å²) in [7, 11) is 1.75. The van der Waals surface area contributed by atoms with Crippen molar-refractivity contribution in [2.75, 3.05) is 13.7 Å². The Hall–Kier alpha value is -1.61. The first-order valence-corrected chi connectivity index (χ1v) is 8.98. The predicted octanol–water partition coefficient (Wildman–Crippen LogP) is 3.99. The van der Waals surface area contributed by atoms with Crippen LogP contribution in [0.3, 0.4) is 0 Å². The van der Waals surface area contributed by atoms with E-state index in [2.05, 4.69) is 53.5 Å². The molecule has 2 rings (SSSR count). The summed E-state index contributed by atoms with van der Waals surface area (Å²) >= 11 is 0. The van der Waals surface area contributed by atoms with Gasteiger partial charge in [0.15, 0.2) is 5.96 Å². The molecule has 0 saturated carbocycles. The molecule has 0 atom stereocenters. The molecule has 1 aromatic heterocycles. The fourth-order valence-corrected chi connectivity index (χ4v) is 2.38. The molecule has 7 heteroatoms. The van der Waals surface area contributed by atoms with Gasteiger partial charge >= 0.3 is 0 Å². The van der Waals surface area contributed by atoms with E-state index in [1.807, 2.05) is 19.1 Å². The van der Waals surface area contributed by atoms with Crippen LogP contribution in [0.1, 0.15) is 50.5 Å². The van der Waals surface area contributed by atoms with Crippen molar-refractivity contribution in [2.24, 2.45) is 4.99 Å². The van der Waals surface area contributed by atoms with Crippen LogP contribution in [-0.4, -0.2) is 24.6 Å². The highest BCUT2D eigenvalue weighted by Gasteiger charge is 2.19. The zero-order valence-electron chi connectivity index (χ0n) is 16.8. The zero-order chi connectivity index (χ0) is 19.0. The number of hydrogen-bond donors (Lipinski definition) is 2. The van der Waals surface area contributed by atoms with Gasteiger partial charge in [-0.1, -0.05) is 45.0 Å². The number of guanidine groups is 1. The molecule has 6 nitrogen and oxygen atoms in total. The Kier molecular flexibility index (Phi) is 9.79. The Balaban J connectivity index is 0.00000364. The number of oxazole rings is 1. The third kappa shape index (κ3) is 7.50. The van der Waals surface area contributed by atoms with E-state index >= 15 is 0 Å². The SMILES string of the molecule is CCOCc1ccccc1CNC(=NC)NCc1ncc(C(C)(C)C)o1.I. The van der Waals surface area contributed by atoms with Crippen LogP contribution < -0.4 is 10.6 Å². The third-order valence-corrected chi connectivity index (χ3v) is 3.95. The normalized spacial score (nSPS) is 11.8. The Morgan fingerprint density at radius 2 is 1.81 bits per heavy atom. The molecule has 0 bridgehead atoms. The highest BCUT2D eigenvalue weighted by molar-refractivity contribution is 14.0. The third-order valence-electron chi connectivity index (χ3n) is 3.95. The number of aliphatic imine (C=N–C) groups is 1. The van der Waals surface area contributed by atoms with E-state index in [1.165, 1.54) is 11.1 Å². The van der Waals surface area contributed by atoms with Gasteiger partial charge in [-0.05, 0) is 18.1 Å². The molecular formula is C20H31IN4O2. The Labute approximate surface area is 179 Å². The van der Waals surface area contributed by atoms with Crippen LogP contribution >= 0.6 is 24.0 Å². The van der Waals surface area contributed by atoms with Crippen molar-refractivity contribution in [3.05, 3.63) is 53.2 Å². The molecule has 2 aromatic rings. The number of ether oxygens (including phenoxy) is 1. The van der Waals surface area contributed by atoms with Gasteiger partial charge in [0.2, 0.25) is 5.89 Å². The van der Waals surface area contributed by atoms with Crippen molar-refractivity contribution in [3.63, 3.8) is 0 Å². The second kappa shape index (κ2) is 11.3. The second-order valence-corrected chi connectivity index (χ2v) is 7.05. The van der Waals surface area contributed by atoms with Gasteiger partial charge in [-0.2, -0.15) is 0 Å². The predicted molar refractivity (Wildman–Crippen MR) is 119 cm³/mol. The summed E-state index contributed by atoms with van der Waals surface area (Å²) in [4.78, 5) is 8.59. The molecule has 0 spiro atoms. The lowest BCUT2D eigenvalue weighted by Gasteiger charge is -2.14. The van der Waals surface area contributed by atoms with Gasteiger partial charge in [0.1, 0.15) is 5.76 Å². The minimum absolute atomic E-state index is 0. The van der Waals surface area contributed by atoms with Gasteiger partial charge in [0, 0.05) is 25.6 Å². The van der Waals surface area contributed by atoms with Crippen LogP contribution in [0.5, 0.6) is 0 Å². The van der Waals surface area contributed by atoms with E-state index in [-0.39, 0.29) is 29.4 Å². The molecule has 150 valence electrons. The number of nitrogens with zero attached hydrogens (tertiary/aromatic N) is 2. The largest absolute Gasteiger partial charge is 0.443 e. The van der Waals surface area contributed by atoms with Crippen LogP contribution in [0.2, 0.25) is 0 Å². The van der Waals surface area contributed by atoms with E-state index in [0.717, 1.165) is 5.76 Å². The number of rotatable bonds is 7. The summed E-state index contributed by atoms with van der Waals surface area (Å²) in [6.45, 7) is 10.8. The maximum atomic E-state index is 5.80. The van der Waals surface area contributed by atoms with Gasteiger partial charge in [-0.3, -0.25) is 4.99 Å². The highest BCUT2D eigenvalue weighted by atomic mass is 127. The van der Waals surface area contributed by atoms with E-state index < -0.39 is 0 Å². The Bertz CT molecular complexity index is 723. The maximum absolute atomic E-state index is 5.80. The van der Waals surface area contributed by atoms with Crippen molar-refractivity contribution in [3.8, 4) is 0 Å². The summed E-state index contributed by atoms with van der Waals surface area (Å²) in [5, 5.41) is 6.56. The van der Waals surface area contributed by atoms with E-state index in [1.54, 1.807) is 13.2 Å². The van der Waals surface area contributed by atoms with Gasteiger partial charge < -0.3 is 19.8 Å². The van der Waals surface area contributed by atoms with Crippen molar-refractivity contribution < 1.29 is 9.15 Å². The Morgan fingerprint density at radius 1 is 1.15 bits per heavy atom. The lowest BCUT2D eigenvalue weighted by molar-refractivity contribution is 0.133. The average Bonchev–Trinajstić information content (AvgIpc) is 3.10. The molecule has 0 saturated heterocycles. The molecule has 1 heterocycles. The molecule has 0 unspecified atom stereocenters. The monoisotopic (exact) mass is 486 g/mol. The summed E-state index contributed by atoms with van der Waals surface area (Å²) in [5.41, 5.74) is 2.32. The van der Waals surface area contributed by atoms with Gasteiger partial charge in [-0.15, -0.1) is 24.0 Å². The van der Waals surface area contributed by atoms with Crippen LogP contribution in [0, 0.1) is 0 Å². The van der Waals surface area contributed by atoms with E-state index in [4.69, 9.17) is 9.15 Å². The number of hydrogen-bond acceptors (Lipinski definition) is 4. The molecule has 0 aliphatic rings. The first-order valence-electron chi connectivity index (χ1n) is 8.98. The van der Waals surface area contributed by atoms with Crippen LogP contribution in [0.25, 0.3) is 0 Å². The molecular weight excluding hydrogens is 455 g/mol. The van der Waals surface area contributed by atoms with Gasteiger partial charge in [0.05, 0.1) is 19.3 Å². The molecule has 0 amide bonds. The topological polar surface area (TPSA) is 71.7 Å². The first-order chi connectivity index (χ1) is 12.4. The maximum Gasteiger partial charge on any atom is 0.213 e. The van der Waals surface area contributed by atoms with Crippen molar-refractivity contribution in [2.45, 2.75) is 52.8 Å². The summed E-state index contributed by atoms with van der Waals surface area (Å²) in [6.07, 6.45) is 1.79. The number of aromatic nitrogens is 1. The fourth-order valence-electron chi connectivity index (χ4n) is 2.38. The van der Waals surface area contributed by atoms with Gasteiger partial charge in [-0.25, -0.2) is 4.98 Å². The summed E-state index contributed by atoms with van der Waals surface area (Å²) < 4.78 is 11.3. The lowest BCUT2D eigenvalue weighted by Crippen LogP contribution is -2.36. The van der Waals surface area contributed by atoms with E-state index in [0.29, 0.717) is 38.2 Å². The molecule has 0 radical (unpaired) electrons. The van der Waals surface area contributed by atoms with Crippen LogP contribution in [-0.2, 0) is 29.8 Å². The molecule has 0 aliphatic heterocycles. The minimum Gasteiger partial charge on any atom is -0.443 e. The van der Waals surface area contributed by atoms with Crippen LogP contribution in [0.4, 0.5) is 0 Å².